The first-order valence-corrected chi connectivity index (χ1v) is 35.9. The molecule has 6 N–H and O–H groups in total. The maximum Gasteiger partial charge on any atom is 0.523 e. The molecule has 0 unspecified atom stereocenters. The summed E-state index contributed by atoms with van der Waals surface area (Å²) in [5.41, 5.74) is -3.38. The van der Waals surface area contributed by atoms with Gasteiger partial charge in [0.15, 0.2) is 69.0 Å². The Hall–Kier alpha value is -10.7. The van der Waals surface area contributed by atoms with Crippen molar-refractivity contribution in [1.82, 2.24) is 0 Å². The van der Waals surface area contributed by atoms with Crippen molar-refractivity contribution in [1.29, 1.82) is 0 Å². The third-order valence-corrected chi connectivity index (χ3v) is 13.3. The Morgan fingerprint density at radius 1 is 0.277 bits per heavy atom. The summed E-state index contributed by atoms with van der Waals surface area (Å²) < 4.78 is 138. The number of carbonyl (C=O) groups is 6. The smallest absolute Gasteiger partial charge is 0.504 e. The third-order valence-electron chi connectivity index (χ3n) is 12.2. The SMILES string of the molecule is C.C.C.C.C.C.C.C.CCC.CCOC(=O)c1ccc(O)c(O)c1.CCOC(=O)c1ccc(O)c(O)c1.CCOC(=O)c1ccc(OCCOC)c(O)c1.CCOC(=O)c1ccc(OCCOC)c(O)c1.CCOC(=O)c1ccc(OCCOC)c(OCC)c1.CCOC(=O)c1ccc(OCCOC)c(OCC)c1.CCOS(=O)(=O)C(F)(F)F. The second kappa shape index (κ2) is 76.0. The van der Waals surface area contributed by atoms with E-state index in [0.717, 1.165) is 19.1 Å². The highest BCUT2D eigenvalue weighted by Gasteiger charge is 2.47. The zero-order chi connectivity index (χ0) is 84.3. The van der Waals surface area contributed by atoms with E-state index in [4.69, 9.17) is 96.2 Å². The summed E-state index contributed by atoms with van der Waals surface area (Å²) in [5, 5.41) is 55.3. The van der Waals surface area contributed by atoms with Crippen LogP contribution in [0.3, 0.4) is 0 Å². The fraction of sp³-hybridized carbons (Fsp3) is 0.500. The number of halogens is 3. The molecule has 6 aromatic rings. The normalized spacial score (nSPS) is 9.46. The van der Waals surface area contributed by atoms with Gasteiger partial charge >= 0.3 is 51.4 Å². The highest BCUT2D eigenvalue weighted by molar-refractivity contribution is 7.87. The number of alkyl halides is 3. The van der Waals surface area contributed by atoms with Crippen molar-refractivity contribution in [3.05, 3.63) is 143 Å². The molecule has 686 valence electrons. The molecule has 0 spiro atoms. The molecule has 0 bridgehead atoms. The van der Waals surface area contributed by atoms with E-state index < -0.39 is 46.1 Å². The van der Waals surface area contributed by atoms with Gasteiger partial charge in [0, 0.05) is 28.4 Å². The lowest BCUT2D eigenvalue weighted by atomic mass is 10.2. The number of aromatic hydroxyl groups is 6. The molecule has 0 aliphatic carbocycles. The zero-order valence-electron chi connectivity index (χ0n) is 65.1. The zero-order valence-corrected chi connectivity index (χ0v) is 65.9. The number of carbonyl (C=O) groups excluding carboxylic acids is 6. The summed E-state index contributed by atoms with van der Waals surface area (Å²) in [6, 6.07) is 26.3. The van der Waals surface area contributed by atoms with Crippen LogP contribution < -0.4 is 28.4 Å². The molecule has 0 aliphatic heterocycles. The molecule has 6 aromatic carbocycles. The molecule has 0 heterocycles. The number of hydrogen-bond donors (Lipinski definition) is 6. The van der Waals surface area contributed by atoms with Crippen LogP contribution in [0, 0.1) is 0 Å². The summed E-state index contributed by atoms with van der Waals surface area (Å²) in [5.74, 6) is -1.18. The lowest BCUT2D eigenvalue weighted by Crippen LogP contribution is -2.25. The molecule has 35 heteroatoms. The van der Waals surface area contributed by atoms with Gasteiger partial charge in [0.25, 0.3) is 0 Å². The van der Waals surface area contributed by atoms with Crippen molar-refractivity contribution < 1.29 is 161 Å². The van der Waals surface area contributed by atoms with Crippen LogP contribution in [0.1, 0.15) is 204 Å². The van der Waals surface area contributed by atoms with E-state index in [9.17, 15) is 60.6 Å². The standard InChI is InChI=1S/2C14H20O5.2C12H16O5.2C9H10O4.C3H5F3O3S.C3H8.8CH4/c2*1-4-17-13-10-11(14(15)18-5-2)6-7-12(13)19-9-8-16-3;2*1-3-16-12(14)9-4-5-11(10(13)8-9)17-7-6-15-2;2*1-2-13-9(12)6-3-4-7(10)8(11)5-6;1-2-9-10(7,8)3(4,5)6;1-3-2;;;;;;;;/h2*6-7,10H,4-5,8-9H2,1-3H3;2*4-5,8,13H,3,6-7H2,1-2H3;2*3-5,10-11H,2H2,1H3;2H2,1H3;3H2,1-2H3;8*1H4. The van der Waals surface area contributed by atoms with E-state index in [0.29, 0.717) is 149 Å². The first-order chi connectivity index (χ1) is 52.8. The monoisotopic (exact) mass is 1730 g/mol. The number of methoxy groups -OCH3 is 4. The molecule has 119 heavy (non-hydrogen) atoms. The Balaban J connectivity index is -0.000000144. The topological polar surface area (TPSA) is 415 Å². The van der Waals surface area contributed by atoms with Gasteiger partial charge < -0.3 is 106 Å². The number of phenols is 6. The van der Waals surface area contributed by atoms with Crippen molar-refractivity contribution in [2.24, 2.45) is 0 Å². The van der Waals surface area contributed by atoms with E-state index in [1.807, 2.05) is 13.8 Å². The summed E-state index contributed by atoms with van der Waals surface area (Å²) >= 11 is 0. The van der Waals surface area contributed by atoms with Crippen molar-refractivity contribution in [2.45, 2.75) is 148 Å². The number of esters is 6. The number of ether oxygens (including phenoxy) is 16. The van der Waals surface area contributed by atoms with Gasteiger partial charge in [0.1, 0.15) is 26.4 Å². The van der Waals surface area contributed by atoms with Gasteiger partial charge in [-0.15, -0.1) is 0 Å². The number of hydrogen-bond acceptors (Lipinski definition) is 31. The quantitative estimate of drug-likeness (QED) is 0.00545. The van der Waals surface area contributed by atoms with E-state index in [-0.39, 0.29) is 130 Å². The average molecular weight is 1730 g/mol. The Morgan fingerprint density at radius 3 is 0.672 bits per heavy atom. The molecule has 0 aromatic heterocycles. The van der Waals surface area contributed by atoms with Crippen LogP contribution in [-0.2, 0) is 61.7 Å². The van der Waals surface area contributed by atoms with Crippen LogP contribution in [0.15, 0.2) is 109 Å². The predicted molar refractivity (Wildman–Crippen MR) is 453 cm³/mol. The third kappa shape index (κ3) is 54.1. The van der Waals surface area contributed by atoms with Gasteiger partial charge in [0.05, 0.1) is 119 Å². The van der Waals surface area contributed by atoms with Crippen molar-refractivity contribution in [2.75, 3.05) is 141 Å². The van der Waals surface area contributed by atoms with Crippen molar-refractivity contribution in [3.63, 3.8) is 0 Å². The maximum absolute atomic E-state index is 11.6. The van der Waals surface area contributed by atoms with Crippen molar-refractivity contribution >= 4 is 45.9 Å². The predicted octanol–water partition coefficient (Wildman–Crippen LogP) is 17.7. The molecule has 0 fully saturated rings. The first-order valence-electron chi connectivity index (χ1n) is 34.5. The second-order valence-electron chi connectivity index (χ2n) is 20.7. The van der Waals surface area contributed by atoms with E-state index in [1.165, 1.54) is 55.0 Å². The number of benzene rings is 6. The number of rotatable bonds is 34. The fourth-order valence-corrected chi connectivity index (χ4v) is 7.77. The Labute approximate surface area is 703 Å². The van der Waals surface area contributed by atoms with Gasteiger partial charge in [-0.25, -0.2) is 28.8 Å². The van der Waals surface area contributed by atoms with Crippen LogP contribution in [0.4, 0.5) is 13.2 Å². The second-order valence-corrected chi connectivity index (χ2v) is 22.3. The van der Waals surface area contributed by atoms with Gasteiger partial charge in [-0.2, -0.15) is 21.6 Å². The molecule has 0 atom stereocenters. The summed E-state index contributed by atoms with van der Waals surface area (Å²) in [6.45, 7) is 25.2. The fourth-order valence-electron chi connectivity index (χ4n) is 7.33. The van der Waals surface area contributed by atoms with Crippen LogP contribution in [-0.4, -0.2) is 221 Å². The lowest BCUT2D eigenvalue weighted by molar-refractivity contribution is -0.0539. The summed E-state index contributed by atoms with van der Waals surface area (Å²) in [4.78, 5) is 68.2. The molecule has 0 saturated carbocycles. The minimum absolute atomic E-state index is 0. The van der Waals surface area contributed by atoms with Crippen molar-refractivity contribution in [3.8, 4) is 69.0 Å². The van der Waals surface area contributed by atoms with Crippen LogP contribution in [0.2, 0.25) is 0 Å². The van der Waals surface area contributed by atoms with E-state index >= 15 is 0 Å². The van der Waals surface area contributed by atoms with Gasteiger partial charge in [-0.1, -0.05) is 79.7 Å². The lowest BCUT2D eigenvalue weighted by Gasteiger charge is -2.12. The Morgan fingerprint density at radius 2 is 0.487 bits per heavy atom. The average Bonchev–Trinajstić information content (AvgIpc) is 0.832. The van der Waals surface area contributed by atoms with Gasteiger partial charge in [-0.3, -0.25) is 4.18 Å². The Bertz CT molecular complexity index is 3550. The summed E-state index contributed by atoms with van der Waals surface area (Å²) in [6.07, 6.45) is 1.25. The maximum atomic E-state index is 11.6. The van der Waals surface area contributed by atoms with Crippen LogP contribution >= 0.6 is 0 Å². The first kappa shape index (κ1) is 129. The van der Waals surface area contributed by atoms with E-state index in [2.05, 4.69) is 18.0 Å². The molecule has 0 aliphatic rings. The molecule has 0 amide bonds. The van der Waals surface area contributed by atoms with Gasteiger partial charge in [-0.05, 0) is 172 Å². The molecular weight excluding hydrogens is 1590 g/mol. The minimum atomic E-state index is -5.35. The molecule has 6 rings (SSSR count). The van der Waals surface area contributed by atoms with E-state index in [1.54, 1.807) is 119 Å². The largest absolute Gasteiger partial charge is 0.523 e. The highest BCUT2D eigenvalue weighted by atomic mass is 32.2. The molecule has 0 radical (unpaired) electrons. The number of phenolic OH excluding ortho intramolecular Hbond substituents is 6. The Kier molecular flexibility index (Phi) is 82.4. The summed E-state index contributed by atoms with van der Waals surface area (Å²) in [7, 11) is 0.993. The highest BCUT2D eigenvalue weighted by Crippen LogP contribution is 2.33. The van der Waals surface area contributed by atoms with Gasteiger partial charge in [0.2, 0.25) is 0 Å². The molecular formula is C84H137F3O31S. The minimum Gasteiger partial charge on any atom is -0.504 e. The molecule has 0 saturated heterocycles. The molecule has 31 nitrogen and oxygen atoms in total. The van der Waals surface area contributed by atoms with Crippen LogP contribution in [0.25, 0.3) is 0 Å². The van der Waals surface area contributed by atoms with Crippen LogP contribution in [0.5, 0.6) is 69.0 Å².